The van der Waals surface area contributed by atoms with E-state index in [1.54, 1.807) is 18.2 Å². The zero-order chi connectivity index (χ0) is 14.2. The Morgan fingerprint density at radius 3 is 2.63 bits per heavy atom. The topological polar surface area (TPSA) is 66.9 Å². The van der Waals surface area contributed by atoms with Crippen molar-refractivity contribution in [3.8, 4) is 17.2 Å². The van der Waals surface area contributed by atoms with E-state index in [9.17, 15) is 10.1 Å². The summed E-state index contributed by atoms with van der Waals surface area (Å²) in [6.07, 6.45) is 0. The fraction of sp³-hybridized carbons (Fsp3) is 0. The molecule has 19 heavy (non-hydrogen) atoms. The van der Waals surface area contributed by atoms with E-state index in [1.165, 1.54) is 0 Å². The van der Waals surface area contributed by atoms with Gasteiger partial charge >= 0.3 is 0 Å². The summed E-state index contributed by atoms with van der Waals surface area (Å²) in [4.78, 5) is 11.8. The lowest BCUT2D eigenvalue weighted by atomic mass is 10.0. The van der Waals surface area contributed by atoms with E-state index in [1.807, 2.05) is 6.07 Å². The number of hydrogen-bond donors (Lipinski definition) is 1. The van der Waals surface area contributed by atoms with Gasteiger partial charge in [0.05, 0.1) is 9.35 Å². The minimum atomic E-state index is -0.604. The second kappa shape index (κ2) is 5.51. The van der Waals surface area contributed by atoms with Crippen LogP contribution in [0.3, 0.4) is 0 Å². The highest BCUT2D eigenvalue weighted by Gasteiger charge is 2.23. The molecule has 96 valence electrons. The molecule has 0 aliphatic rings. The summed E-state index contributed by atoms with van der Waals surface area (Å²) >= 11 is 16.3. The molecule has 0 bridgehead atoms. The molecule has 2 rings (SSSR count). The lowest BCUT2D eigenvalue weighted by Gasteiger charge is -2.05. The first-order valence-electron chi connectivity index (χ1n) is 4.93. The SMILES string of the molecule is N#Cc1c(Br)sc(C(N)=O)c1-c1ccc(Cl)cc1Cl. The standard InChI is InChI=1S/C12H5BrCl2N2OS/c13-11-7(4-16)9(10(19-11)12(17)18)6-2-1-5(14)3-8(6)15/h1-3H,(H2,17,18). The van der Waals surface area contributed by atoms with E-state index in [0.717, 1.165) is 11.3 Å². The minimum Gasteiger partial charge on any atom is -0.365 e. The molecule has 1 amide bonds. The van der Waals surface area contributed by atoms with Crippen LogP contribution in [0.1, 0.15) is 15.2 Å². The van der Waals surface area contributed by atoms with Gasteiger partial charge in [-0.2, -0.15) is 5.26 Å². The predicted octanol–water partition coefficient (Wildman–Crippen LogP) is 4.45. The summed E-state index contributed by atoms with van der Waals surface area (Å²) in [5.41, 5.74) is 6.67. The molecule has 0 fully saturated rings. The largest absolute Gasteiger partial charge is 0.365 e. The molecule has 2 N–H and O–H groups in total. The second-order valence-electron chi connectivity index (χ2n) is 3.56. The van der Waals surface area contributed by atoms with E-state index in [4.69, 9.17) is 28.9 Å². The highest BCUT2D eigenvalue weighted by Crippen LogP contribution is 2.42. The average Bonchev–Trinajstić information content (AvgIpc) is 2.66. The van der Waals surface area contributed by atoms with Crippen molar-refractivity contribution in [3.05, 3.63) is 42.5 Å². The van der Waals surface area contributed by atoms with Crippen molar-refractivity contribution < 1.29 is 4.79 Å². The summed E-state index contributed by atoms with van der Waals surface area (Å²) in [7, 11) is 0. The summed E-state index contributed by atoms with van der Waals surface area (Å²) in [6.45, 7) is 0. The van der Waals surface area contributed by atoms with Crippen molar-refractivity contribution >= 4 is 56.4 Å². The number of carbonyl (C=O) groups is 1. The number of thiophene rings is 1. The van der Waals surface area contributed by atoms with Crippen LogP contribution in [0.4, 0.5) is 0 Å². The number of nitriles is 1. The van der Waals surface area contributed by atoms with Crippen LogP contribution < -0.4 is 5.73 Å². The molecule has 0 spiro atoms. The molecule has 0 saturated heterocycles. The van der Waals surface area contributed by atoms with E-state index in [-0.39, 0.29) is 4.88 Å². The van der Waals surface area contributed by atoms with E-state index >= 15 is 0 Å². The first kappa shape index (κ1) is 14.4. The molecule has 0 unspecified atom stereocenters. The van der Waals surface area contributed by atoms with E-state index in [0.29, 0.717) is 30.5 Å². The van der Waals surface area contributed by atoms with Crippen LogP contribution in [-0.2, 0) is 0 Å². The molecule has 0 aliphatic carbocycles. The molecule has 2 aromatic rings. The van der Waals surface area contributed by atoms with Gasteiger partial charge in [-0.25, -0.2) is 0 Å². The van der Waals surface area contributed by atoms with Crippen molar-refractivity contribution in [3.63, 3.8) is 0 Å². The zero-order valence-corrected chi connectivity index (χ0v) is 13.1. The number of rotatable bonds is 2. The Morgan fingerprint density at radius 1 is 1.42 bits per heavy atom. The van der Waals surface area contributed by atoms with Crippen LogP contribution in [0.5, 0.6) is 0 Å². The van der Waals surface area contributed by atoms with E-state index < -0.39 is 5.91 Å². The molecule has 0 atom stereocenters. The summed E-state index contributed by atoms with van der Waals surface area (Å²) in [5, 5.41) is 10.0. The van der Waals surface area contributed by atoms with Crippen LogP contribution in [-0.4, -0.2) is 5.91 Å². The lowest BCUT2D eigenvalue weighted by molar-refractivity contribution is 0.100. The molecular weight excluding hydrogens is 371 g/mol. The molecule has 7 heteroatoms. The lowest BCUT2D eigenvalue weighted by Crippen LogP contribution is -2.10. The Morgan fingerprint density at radius 2 is 2.11 bits per heavy atom. The van der Waals surface area contributed by atoms with Gasteiger partial charge in [-0.15, -0.1) is 11.3 Å². The third kappa shape index (κ3) is 2.63. The highest BCUT2D eigenvalue weighted by molar-refractivity contribution is 9.11. The maximum absolute atomic E-state index is 11.5. The fourth-order valence-electron chi connectivity index (χ4n) is 1.63. The molecule has 0 radical (unpaired) electrons. The molecular formula is C12H5BrCl2N2OS. The molecule has 3 nitrogen and oxygen atoms in total. The van der Waals surface area contributed by atoms with Crippen molar-refractivity contribution in [2.24, 2.45) is 5.73 Å². The quantitative estimate of drug-likeness (QED) is 0.842. The molecule has 1 heterocycles. The summed E-state index contributed by atoms with van der Waals surface area (Å²) in [6, 6.07) is 6.89. The predicted molar refractivity (Wildman–Crippen MR) is 80.7 cm³/mol. The first-order chi connectivity index (χ1) is 8.95. The number of halogens is 3. The zero-order valence-electron chi connectivity index (χ0n) is 9.21. The number of nitrogens with zero attached hydrogens (tertiary/aromatic N) is 1. The Hall–Kier alpha value is -1.06. The van der Waals surface area contributed by atoms with Crippen molar-refractivity contribution in [1.29, 1.82) is 5.26 Å². The number of carbonyl (C=O) groups excluding carboxylic acids is 1. The number of hydrogen-bond acceptors (Lipinski definition) is 3. The van der Waals surface area contributed by atoms with Gasteiger partial charge < -0.3 is 5.73 Å². The number of nitrogens with two attached hydrogens (primary N) is 1. The first-order valence-corrected chi connectivity index (χ1v) is 7.30. The van der Waals surface area contributed by atoms with Gasteiger partial charge in [-0.05, 0) is 28.1 Å². The van der Waals surface area contributed by atoms with Gasteiger partial charge in [-0.1, -0.05) is 29.3 Å². The van der Waals surface area contributed by atoms with Gasteiger partial charge in [0.2, 0.25) is 0 Å². The Balaban J connectivity index is 2.81. The van der Waals surface area contributed by atoms with E-state index in [2.05, 4.69) is 15.9 Å². The van der Waals surface area contributed by atoms with Crippen LogP contribution in [0.15, 0.2) is 22.0 Å². The van der Waals surface area contributed by atoms with Crippen molar-refractivity contribution in [1.82, 2.24) is 0 Å². The monoisotopic (exact) mass is 374 g/mol. The number of amides is 1. The molecule has 1 aromatic heterocycles. The molecule has 0 aliphatic heterocycles. The second-order valence-corrected chi connectivity index (χ2v) is 6.74. The smallest absolute Gasteiger partial charge is 0.259 e. The Kier molecular flexibility index (Phi) is 4.16. The molecule has 1 aromatic carbocycles. The van der Waals surface area contributed by atoms with Gasteiger partial charge in [-0.3, -0.25) is 4.79 Å². The minimum absolute atomic E-state index is 0.285. The van der Waals surface area contributed by atoms with Crippen molar-refractivity contribution in [2.45, 2.75) is 0 Å². The maximum Gasteiger partial charge on any atom is 0.259 e. The fourth-order valence-corrected chi connectivity index (χ4v) is 3.75. The third-order valence-electron chi connectivity index (χ3n) is 2.40. The maximum atomic E-state index is 11.5. The highest BCUT2D eigenvalue weighted by atomic mass is 79.9. The van der Waals surface area contributed by atoms with Crippen molar-refractivity contribution in [2.75, 3.05) is 0 Å². The van der Waals surface area contributed by atoms with Crippen LogP contribution in [0, 0.1) is 11.3 Å². The van der Waals surface area contributed by atoms with Crippen LogP contribution in [0.25, 0.3) is 11.1 Å². The summed E-state index contributed by atoms with van der Waals surface area (Å²) in [5.74, 6) is -0.604. The van der Waals surface area contributed by atoms with Crippen LogP contribution >= 0.6 is 50.5 Å². The third-order valence-corrected chi connectivity index (χ3v) is 4.82. The Labute approximate surface area is 131 Å². The summed E-state index contributed by atoms with van der Waals surface area (Å²) < 4.78 is 0.546. The average molecular weight is 376 g/mol. The Bertz CT molecular complexity index is 721. The van der Waals surface area contributed by atoms with Gasteiger partial charge in [0.1, 0.15) is 10.9 Å². The number of benzene rings is 1. The van der Waals surface area contributed by atoms with Gasteiger partial charge in [0.15, 0.2) is 0 Å². The molecule has 0 saturated carbocycles. The van der Waals surface area contributed by atoms with Gasteiger partial charge in [0.25, 0.3) is 5.91 Å². The van der Waals surface area contributed by atoms with Crippen LogP contribution in [0.2, 0.25) is 10.0 Å². The normalized spacial score (nSPS) is 10.2. The number of primary amides is 1. The van der Waals surface area contributed by atoms with Gasteiger partial charge in [0, 0.05) is 21.2 Å².